The van der Waals surface area contributed by atoms with Gasteiger partial charge in [-0.15, -0.1) is 0 Å². The Labute approximate surface area is 169 Å². The van der Waals surface area contributed by atoms with Gasteiger partial charge >= 0.3 is 0 Å². The Balaban J connectivity index is 1.26. The predicted molar refractivity (Wildman–Crippen MR) is 110 cm³/mol. The first-order valence-corrected chi connectivity index (χ1v) is 10.4. The van der Waals surface area contributed by atoms with Gasteiger partial charge in [-0.2, -0.15) is 0 Å². The summed E-state index contributed by atoms with van der Waals surface area (Å²) in [5.74, 6) is 1.83. The van der Waals surface area contributed by atoms with Crippen molar-refractivity contribution in [3.05, 3.63) is 36.4 Å². The molecular weight excluding hydrogens is 366 g/mol. The zero-order valence-corrected chi connectivity index (χ0v) is 16.7. The van der Waals surface area contributed by atoms with E-state index in [1.54, 1.807) is 0 Å². The van der Waals surface area contributed by atoms with Crippen molar-refractivity contribution in [3.63, 3.8) is 0 Å². The first-order valence-electron chi connectivity index (χ1n) is 10.4. The van der Waals surface area contributed by atoms with Crippen molar-refractivity contribution in [1.29, 1.82) is 0 Å². The third-order valence-corrected chi connectivity index (χ3v) is 6.69. The van der Waals surface area contributed by atoms with Gasteiger partial charge in [-0.1, -0.05) is 6.07 Å². The summed E-state index contributed by atoms with van der Waals surface area (Å²) in [5, 5.41) is 0. The molecule has 1 spiro atoms. The van der Waals surface area contributed by atoms with E-state index in [1.165, 1.54) is 12.8 Å². The van der Waals surface area contributed by atoms with Crippen molar-refractivity contribution in [1.82, 2.24) is 19.5 Å². The van der Waals surface area contributed by atoms with Gasteiger partial charge in [0, 0.05) is 36.5 Å². The number of hydrogen-bond donors (Lipinski definition) is 0. The third-order valence-electron chi connectivity index (χ3n) is 6.69. The average Bonchev–Trinajstić information content (AvgIpc) is 3.12. The van der Waals surface area contributed by atoms with Crippen LogP contribution in [0.15, 0.2) is 30.6 Å². The van der Waals surface area contributed by atoms with Crippen LogP contribution in [0.4, 0.5) is 5.95 Å². The Hall–Kier alpha value is -2.51. The Kier molecular flexibility index (Phi) is 3.89. The number of imidazole rings is 1. The van der Waals surface area contributed by atoms with Crippen LogP contribution in [-0.4, -0.2) is 52.4 Å². The van der Waals surface area contributed by atoms with E-state index >= 15 is 0 Å². The number of rotatable bonds is 2. The third kappa shape index (κ3) is 2.83. The van der Waals surface area contributed by atoms with Crippen molar-refractivity contribution < 1.29 is 9.47 Å². The fraction of sp³-hybridized carbons (Fsp3) is 0.500. The minimum Gasteiger partial charge on any atom is -0.380 e. The molecule has 0 unspecified atom stereocenters. The Bertz CT molecular complexity index is 1050. The molecule has 6 rings (SSSR count). The van der Waals surface area contributed by atoms with Gasteiger partial charge in [-0.05, 0) is 37.5 Å². The molecule has 0 saturated carbocycles. The van der Waals surface area contributed by atoms with Crippen LogP contribution in [0.1, 0.15) is 31.6 Å². The number of anilines is 1. The number of aromatic nitrogens is 4. The van der Waals surface area contributed by atoms with Gasteiger partial charge < -0.3 is 18.9 Å². The fourth-order valence-electron chi connectivity index (χ4n) is 4.81. The second-order valence-electron chi connectivity index (χ2n) is 8.72. The lowest BCUT2D eigenvalue weighted by molar-refractivity contribution is -0.124. The number of ether oxygens (including phenoxy) is 2. The van der Waals surface area contributed by atoms with Crippen LogP contribution in [0.5, 0.6) is 0 Å². The quantitative estimate of drug-likeness (QED) is 0.668. The van der Waals surface area contributed by atoms with Crippen molar-refractivity contribution in [2.45, 2.75) is 32.4 Å². The Morgan fingerprint density at radius 3 is 2.55 bits per heavy atom. The molecule has 0 bridgehead atoms. The molecule has 29 heavy (non-hydrogen) atoms. The maximum atomic E-state index is 5.63. The van der Waals surface area contributed by atoms with Gasteiger partial charge in [0.05, 0.1) is 36.9 Å². The second kappa shape index (κ2) is 6.50. The lowest BCUT2D eigenvalue weighted by Gasteiger charge is -2.47. The predicted octanol–water partition coefficient (Wildman–Crippen LogP) is 3.20. The van der Waals surface area contributed by atoms with E-state index in [0.717, 1.165) is 66.8 Å². The summed E-state index contributed by atoms with van der Waals surface area (Å²) in [5.41, 5.74) is 4.75. The van der Waals surface area contributed by atoms with Crippen LogP contribution in [0.25, 0.3) is 22.2 Å². The summed E-state index contributed by atoms with van der Waals surface area (Å²) in [4.78, 5) is 16.4. The lowest BCUT2D eigenvalue weighted by Crippen LogP contribution is -2.51. The summed E-state index contributed by atoms with van der Waals surface area (Å²) in [6, 6.07) is 6.68. The fourth-order valence-corrected chi connectivity index (χ4v) is 4.81. The average molecular weight is 391 g/mol. The maximum Gasteiger partial charge on any atom is 0.225 e. The van der Waals surface area contributed by atoms with E-state index in [1.807, 2.05) is 12.4 Å². The molecule has 2 aromatic heterocycles. The highest BCUT2D eigenvalue weighted by Gasteiger charge is 2.41. The first kappa shape index (κ1) is 17.4. The molecule has 0 radical (unpaired) electrons. The molecule has 7 heteroatoms. The first-order chi connectivity index (χ1) is 14.2. The molecule has 0 aliphatic carbocycles. The molecule has 150 valence electrons. The number of nitrogens with zero attached hydrogens (tertiary/aromatic N) is 5. The smallest absolute Gasteiger partial charge is 0.225 e. The van der Waals surface area contributed by atoms with Gasteiger partial charge in [-0.3, -0.25) is 0 Å². The Morgan fingerprint density at radius 1 is 1.03 bits per heavy atom. The summed E-state index contributed by atoms with van der Waals surface area (Å²) >= 11 is 0. The highest BCUT2D eigenvalue weighted by Crippen LogP contribution is 2.39. The van der Waals surface area contributed by atoms with Crippen molar-refractivity contribution >= 4 is 17.0 Å². The molecule has 1 aromatic carbocycles. The minimum absolute atomic E-state index is 0.293. The number of hydrogen-bond acceptors (Lipinski definition) is 6. The molecule has 1 atom stereocenters. The van der Waals surface area contributed by atoms with Crippen LogP contribution >= 0.6 is 0 Å². The summed E-state index contributed by atoms with van der Waals surface area (Å²) in [7, 11) is 0. The molecular formula is C22H25N5O2. The molecule has 0 N–H and O–H groups in total. The summed E-state index contributed by atoms with van der Waals surface area (Å²) < 4.78 is 13.4. The molecule has 3 aliphatic rings. The molecule has 7 nitrogen and oxygen atoms in total. The molecule has 3 aliphatic heterocycles. The van der Waals surface area contributed by atoms with Crippen molar-refractivity contribution in [2.24, 2.45) is 5.41 Å². The van der Waals surface area contributed by atoms with E-state index in [9.17, 15) is 0 Å². The summed E-state index contributed by atoms with van der Waals surface area (Å²) in [6.45, 7) is 7.34. The zero-order chi connectivity index (χ0) is 19.4. The van der Waals surface area contributed by atoms with Gasteiger partial charge in [0.15, 0.2) is 0 Å². The van der Waals surface area contributed by atoms with Crippen LogP contribution < -0.4 is 4.90 Å². The Morgan fingerprint density at radius 2 is 1.83 bits per heavy atom. The van der Waals surface area contributed by atoms with E-state index in [2.05, 4.69) is 44.6 Å². The number of piperidine rings is 1. The van der Waals surface area contributed by atoms with Crippen LogP contribution in [0.2, 0.25) is 0 Å². The van der Waals surface area contributed by atoms with E-state index in [0.29, 0.717) is 18.1 Å². The number of fused-ring (bicyclic) bond motifs is 3. The standard InChI is InChI=1S/C22H25N5O2/c1-15-11-28-12-20-25-18-3-2-16(8-19(18)27(15)20)17-9-23-21(24-10-17)26-6-4-22(5-7-26)13-29-14-22/h2-3,8-10,15H,4-7,11-14H2,1H3/t15-/m0/s1. The summed E-state index contributed by atoms with van der Waals surface area (Å²) in [6.07, 6.45) is 6.23. The maximum absolute atomic E-state index is 5.63. The van der Waals surface area contributed by atoms with Crippen molar-refractivity contribution in [3.8, 4) is 11.1 Å². The molecule has 2 saturated heterocycles. The minimum atomic E-state index is 0.293. The zero-order valence-electron chi connectivity index (χ0n) is 16.7. The van der Waals surface area contributed by atoms with Gasteiger partial charge in [0.25, 0.3) is 0 Å². The van der Waals surface area contributed by atoms with Gasteiger partial charge in [0.1, 0.15) is 12.4 Å². The van der Waals surface area contributed by atoms with Gasteiger partial charge in [-0.25, -0.2) is 15.0 Å². The van der Waals surface area contributed by atoms with E-state index in [-0.39, 0.29) is 0 Å². The highest BCUT2D eigenvalue weighted by molar-refractivity contribution is 5.82. The van der Waals surface area contributed by atoms with Crippen LogP contribution in [0.3, 0.4) is 0 Å². The molecule has 5 heterocycles. The van der Waals surface area contributed by atoms with Crippen molar-refractivity contribution in [2.75, 3.05) is 37.8 Å². The number of benzene rings is 1. The topological polar surface area (TPSA) is 65.3 Å². The van der Waals surface area contributed by atoms with E-state index < -0.39 is 0 Å². The monoisotopic (exact) mass is 391 g/mol. The highest BCUT2D eigenvalue weighted by atomic mass is 16.5. The van der Waals surface area contributed by atoms with Crippen LogP contribution in [0, 0.1) is 5.41 Å². The second-order valence-corrected chi connectivity index (χ2v) is 8.72. The molecule has 2 fully saturated rings. The SMILES string of the molecule is C[C@H]1COCc2nc3ccc(-c4cnc(N5CCC6(CC5)COC6)nc4)cc3n21. The van der Waals surface area contributed by atoms with Crippen LogP contribution in [-0.2, 0) is 16.1 Å². The molecule has 3 aromatic rings. The largest absolute Gasteiger partial charge is 0.380 e. The normalized spacial score (nSPS) is 23.2. The lowest BCUT2D eigenvalue weighted by atomic mass is 9.77. The van der Waals surface area contributed by atoms with E-state index in [4.69, 9.17) is 14.5 Å². The molecule has 0 amide bonds. The van der Waals surface area contributed by atoms with Gasteiger partial charge in [0.2, 0.25) is 5.95 Å².